The zero-order chi connectivity index (χ0) is 18.6. The van der Waals surface area contributed by atoms with Gasteiger partial charge in [0, 0.05) is 12.7 Å². The number of hydrogen-bond acceptors (Lipinski definition) is 4. The number of ether oxygens (including phenoxy) is 1. The minimum absolute atomic E-state index is 0.0559. The smallest absolute Gasteiger partial charge is 0.248 e. The number of aryl methyl sites for hydroxylation is 1. The molecule has 0 aromatic heterocycles. The summed E-state index contributed by atoms with van der Waals surface area (Å²) < 4.78 is 5.64. The van der Waals surface area contributed by atoms with Gasteiger partial charge in [-0.3, -0.25) is 19.5 Å². The summed E-state index contributed by atoms with van der Waals surface area (Å²) in [5.74, 6) is 0.951. The number of amidine groups is 1. The fourth-order valence-electron chi connectivity index (χ4n) is 2.83. The molecule has 0 saturated carbocycles. The first-order valence-electron chi connectivity index (χ1n) is 8.72. The van der Waals surface area contributed by atoms with Crippen molar-refractivity contribution >= 4 is 17.6 Å². The fourth-order valence-corrected chi connectivity index (χ4v) is 2.83. The lowest BCUT2D eigenvalue weighted by Gasteiger charge is -2.34. The van der Waals surface area contributed by atoms with Crippen LogP contribution in [0.5, 0.6) is 5.75 Å². The largest absolute Gasteiger partial charge is 0.494 e. The molecule has 26 heavy (non-hydrogen) atoms. The molecule has 2 aliphatic heterocycles. The molecule has 2 aliphatic rings. The van der Waals surface area contributed by atoms with Gasteiger partial charge in [-0.2, -0.15) is 0 Å². The van der Waals surface area contributed by atoms with Crippen molar-refractivity contribution in [2.75, 3.05) is 13.2 Å². The summed E-state index contributed by atoms with van der Waals surface area (Å²) in [6, 6.07) is 7.85. The van der Waals surface area contributed by atoms with Crippen molar-refractivity contribution in [3.05, 3.63) is 54.3 Å². The maximum atomic E-state index is 12.5. The number of hydrogen-bond donors (Lipinski definition) is 1. The van der Waals surface area contributed by atoms with Gasteiger partial charge in [0.25, 0.3) is 0 Å². The van der Waals surface area contributed by atoms with Crippen LogP contribution in [0.4, 0.5) is 0 Å². The average molecular weight is 353 g/mol. The normalized spacial score (nSPS) is 21.2. The first kappa shape index (κ1) is 17.9. The lowest BCUT2D eigenvalue weighted by atomic mass is 9.94. The number of benzene rings is 1. The van der Waals surface area contributed by atoms with Gasteiger partial charge >= 0.3 is 0 Å². The van der Waals surface area contributed by atoms with Crippen LogP contribution in [0.25, 0.3) is 0 Å². The van der Waals surface area contributed by atoms with Gasteiger partial charge in [0.05, 0.1) is 13.0 Å². The SMILES string of the molecule is Cc1ccc(OCCCNC(=O)[C@]2(C)CC(=O)N3C=CC=CC3=N2)cc1. The molecular formula is C20H23N3O3. The van der Waals surface area contributed by atoms with Crippen molar-refractivity contribution in [3.63, 3.8) is 0 Å². The van der Waals surface area contributed by atoms with Crippen molar-refractivity contribution in [1.29, 1.82) is 0 Å². The van der Waals surface area contributed by atoms with Gasteiger partial charge in [-0.05, 0) is 44.6 Å². The summed E-state index contributed by atoms with van der Waals surface area (Å²) in [7, 11) is 0. The average Bonchev–Trinajstić information content (AvgIpc) is 2.62. The number of fused-ring (bicyclic) bond motifs is 1. The van der Waals surface area contributed by atoms with Crippen LogP contribution in [-0.4, -0.2) is 41.2 Å². The molecule has 3 rings (SSSR count). The molecule has 1 aromatic carbocycles. The van der Waals surface area contributed by atoms with Crippen molar-refractivity contribution < 1.29 is 14.3 Å². The quantitative estimate of drug-likeness (QED) is 0.798. The molecule has 0 saturated heterocycles. The highest BCUT2D eigenvalue weighted by molar-refractivity contribution is 6.11. The van der Waals surface area contributed by atoms with Crippen LogP contribution >= 0.6 is 0 Å². The van der Waals surface area contributed by atoms with E-state index < -0.39 is 5.54 Å². The van der Waals surface area contributed by atoms with Gasteiger partial charge < -0.3 is 10.1 Å². The first-order chi connectivity index (χ1) is 12.5. The molecule has 1 atom stereocenters. The second-order valence-corrected chi connectivity index (χ2v) is 6.66. The highest BCUT2D eigenvalue weighted by Crippen LogP contribution is 2.25. The molecule has 1 aromatic rings. The summed E-state index contributed by atoms with van der Waals surface area (Å²) in [5.41, 5.74) is 0.111. The van der Waals surface area contributed by atoms with Crippen LogP contribution in [0.1, 0.15) is 25.3 Å². The van der Waals surface area contributed by atoms with E-state index in [-0.39, 0.29) is 18.2 Å². The monoisotopic (exact) mass is 353 g/mol. The minimum atomic E-state index is -1.07. The fraction of sp³-hybridized carbons (Fsp3) is 0.350. The Balaban J connectivity index is 1.48. The lowest BCUT2D eigenvalue weighted by molar-refractivity contribution is -0.134. The van der Waals surface area contributed by atoms with Gasteiger partial charge in [-0.25, -0.2) is 0 Å². The Bertz CT molecular complexity index is 780. The predicted molar refractivity (Wildman–Crippen MR) is 99.9 cm³/mol. The maximum Gasteiger partial charge on any atom is 0.248 e. The van der Waals surface area contributed by atoms with E-state index >= 15 is 0 Å². The van der Waals surface area contributed by atoms with Crippen LogP contribution in [0, 0.1) is 6.92 Å². The zero-order valence-corrected chi connectivity index (χ0v) is 15.1. The number of nitrogens with one attached hydrogen (secondary N) is 1. The van der Waals surface area contributed by atoms with Gasteiger partial charge in [-0.15, -0.1) is 0 Å². The van der Waals surface area contributed by atoms with Crippen LogP contribution in [-0.2, 0) is 9.59 Å². The molecule has 2 amide bonds. The van der Waals surface area contributed by atoms with E-state index in [1.54, 1.807) is 31.4 Å². The van der Waals surface area contributed by atoms with Gasteiger partial charge in [-0.1, -0.05) is 23.8 Å². The van der Waals surface area contributed by atoms with Crippen LogP contribution in [0.3, 0.4) is 0 Å². The summed E-state index contributed by atoms with van der Waals surface area (Å²) >= 11 is 0. The van der Waals surface area contributed by atoms with E-state index in [0.29, 0.717) is 25.4 Å². The van der Waals surface area contributed by atoms with E-state index in [2.05, 4.69) is 10.3 Å². The van der Waals surface area contributed by atoms with Crippen molar-refractivity contribution in [2.24, 2.45) is 4.99 Å². The topological polar surface area (TPSA) is 71.0 Å². The second-order valence-electron chi connectivity index (χ2n) is 6.66. The molecule has 0 aliphatic carbocycles. The van der Waals surface area contributed by atoms with Gasteiger partial charge in [0.1, 0.15) is 17.1 Å². The van der Waals surface area contributed by atoms with Crippen molar-refractivity contribution in [2.45, 2.75) is 32.2 Å². The molecule has 6 nitrogen and oxygen atoms in total. The summed E-state index contributed by atoms with van der Waals surface area (Å²) in [6.45, 7) is 4.70. The summed E-state index contributed by atoms with van der Waals surface area (Å²) in [6.07, 6.45) is 7.71. The Hall–Kier alpha value is -2.89. The lowest BCUT2D eigenvalue weighted by Crippen LogP contribution is -2.52. The molecule has 0 bridgehead atoms. The molecular weight excluding hydrogens is 330 g/mol. The molecule has 136 valence electrons. The Labute approximate surface area is 153 Å². The Morgan fingerprint density at radius 2 is 2.08 bits per heavy atom. The van der Waals surface area contributed by atoms with Crippen molar-refractivity contribution in [1.82, 2.24) is 10.2 Å². The maximum absolute atomic E-state index is 12.5. The zero-order valence-electron chi connectivity index (χ0n) is 15.1. The predicted octanol–water partition coefficient (Wildman–Crippen LogP) is 2.35. The highest BCUT2D eigenvalue weighted by atomic mass is 16.5. The third kappa shape index (κ3) is 4.02. The van der Waals surface area contributed by atoms with Crippen molar-refractivity contribution in [3.8, 4) is 5.75 Å². The second kappa shape index (κ2) is 7.56. The molecule has 0 fully saturated rings. The third-order valence-corrected chi connectivity index (χ3v) is 4.35. The molecule has 0 radical (unpaired) electrons. The molecule has 6 heteroatoms. The number of allylic oxidation sites excluding steroid dienone is 2. The highest BCUT2D eigenvalue weighted by Gasteiger charge is 2.41. The number of aliphatic imine (C=N–C) groups is 1. The third-order valence-electron chi connectivity index (χ3n) is 4.35. The Morgan fingerprint density at radius 1 is 1.31 bits per heavy atom. The van der Waals surface area contributed by atoms with E-state index in [9.17, 15) is 9.59 Å². The first-order valence-corrected chi connectivity index (χ1v) is 8.72. The molecule has 2 heterocycles. The van der Waals surface area contributed by atoms with Gasteiger partial charge in [0.2, 0.25) is 11.8 Å². The molecule has 0 spiro atoms. The summed E-state index contributed by atoms with van der Waals surface area (Å²) in [5, 5.41) is 2.87. The number of nitrogens with zero attached hydrogens (tertiary/aromatic N) is 2. The number of amides is 2. The van der Waals surface area contributed by atoms with E-state index in [4.69, 9.17) is 4.74 Å². The van der Waals surface area contributed by atoms with Crippen LogP contribution in [0.15, 0.2) is 53.7 Å². The van der Waals surface area contributed by atoms with E-state index in [1.165, 1.54) is 10.5 Å². The number of carbonyl (C=O) groups is 2. The summed E-state index contributed by atoms with van der Waals surface area (Å²) in [4.78, 5) is 30.8. The van der Waals surface area contributed by atoms with Crippen LogP contribution < -0.4 is 10.1 Å². The number of carbonyl (C=O) groups excluding carboxylic acids is 2. The minimum Gasteiger partial charge on any atom is -0.494 e. The Kier molecular flexibility index (Phi) is 5.21. The van der Waals surface area contributed by atoms with E-state index in [1.807, 2.05) is 31.2 Å². The van der Waals surface area contributed by atoms with Gasteiger partial charge in [0.15, 0.2) is 0 Å². The standard InChI is InChI=1S/C20H23N3O3/c1-15-7-9-16(10-8-15)26-13-5-11-21-19(25)20(2)14-18(24)23-12-4-3-6-17(23)22-20/h3-4,6-10,12H,5,11,13-14H2,1-2H3,(H,21,25)/t20-/m0/s1. The molecule has 0 unspecified atom stereocenters. The van der Waals surface area contributed by atoms with Crippen LogP contribution in [0.2, 0.25) is 0 Å². The molecule has 1 N–H and O–H groups in total. The Morgan fingerprint density at radius 3 is 2.85 bits per heavy atom. The van der Waals surface area contributed by atoms with E-state index in [0.717, 1.165) is 5.75 Å². The number of rotatable bonds is 6.